The third-order valence-electron chi connectivity index (χ3n) is 5.08. The van der Waals surface area contributed by atoms with E-state index in [1.165, 1.54) is 23.1 Å². The van der Waals surface area contributed by atoms with Gasteiger partial charge in [0.1, 0.15) is 10.7 Å². The lowest BCUT2D eigenvalue weighted by Crippen LogP contribution is -2.11. The number of nitrogens with one attached hydrogen (secondary N) is 1. The molecule has 10 heteroatoms. The number of hydrogen-bond acceptors (Lipinski definition) is 7. The molecule has 0 bridgehead atoms. The summed E-state index contributed by atoms with van der Waals surface area (Å²) in [6, 6.07) is 11.3. The number of thioether (sulfide) groups is 1. The number of rotatable bonds is 5. The Morgan fingerprint density at radius 3 is 2.59 bits per heavy atom. The van der Waals surface area contributed by atoms with Gasteiger partial charge in [-0.25, -0.2) is 4.98 Å². The predicted octanol–water partition coefficient (Wildman–Crippen LogP) is 5.19. The van der Waals surface area contributed by atoms with Gasteiger partial charge < -0.3 is 4.98 Å². The van der Waals surface area contributed by atoms with Crippen LogP contribution in [0.15, 0.2) is 58.7 Å². The van der Waals surface area contributed by atoms with Gasteiger partial charge in [-0.1, -0.05) is 23.4 Å². The number of thiophene rings is 1. The van der Waals surface area contributed by atoms with Crippen LogP contribution in [-0.2, 0) is 5.75 Å². The molecular weight excluding hydrogens is 464 g/mol. The van der Waals surface area contributed by atoms with E-state index in [0.29, 0.717) is 33.0 Å². The molecule has 0 saturated carbocycles. The van der Waals surface area contributed by atoms with Gasteiger partial charge >= 0.3 is 0 Å². The van der Waals surface area contributed by atoms with Crippen LogP contribution in [0.4, 0.5) is 0 Å². The lowest BCUT2D eigenvalue weighted by Gasteiger charge is -2.10. The highest BCUT2D eigenvalue weighted by molar-refractivity contribution is 7.98. The van der Waals surface area contributed by atoms with E-state index in [9.17, 15) is 4.79 Å². The van der Waals surface area contributed by atoms with Crippen LogP contribution in [0, 0.1) is 13.8 Å². The first-order chi connectivity index (χ1) is 15.5. The third-order valence-corrected chi connectivity index (χ3v) is 7.38. The van der Waals surface area contributed by atoms with Gasteiger partial charge in [0.15, 0.2) is 11.0 Å². The number of aromatic amines is 1. The number of pyridine rings is 1. The topological polar surface area (TPSA) is 89.3 Å². The highest BCUT2D eigenvalue weighted by Gasteiger charge is 2.18. The summed E-state index contributed by atoms with van der Waals surface area (Å²) in [5.74, 6) is 1.74. The molecule has 0 spiro atoms. The van der Waals surface area contributed by atoms with E-state index in [0.717, 1.165) is 26.5 Å². The van der Waals surface area contributed by atoms with E-state index in [2.05, 4.69) is 25.1 Å². The van der Waals surface area contributed by atoms with Crippen LogP contribution < -0.4 is 5.56 Å². The zero-order chi connectivity index (χ0) is 22.2. The second-order valence-corrected chi connectivity index (χ2v) is 9.70. The van der Waals surface area contributed by atoms with Crippen LogP contribution in [0.1, 0.15) is 16.3 Å². The number of aryl methyl sites for hydroxylation is 2. The molecule has 4 aromatic heterocycles. The molecule has 1 N–H and O–H groups in total. The average molecular weight is 481 g/mol. The second-order valence-electron chi connectivity index (χ2n) is 7.12. The summed E-state index contributed by atoms with van der Waals surface area (Å²) in [6.07, 6.45) is 3.44. The Labute approximate surface area is 196 Å². The van der Waals surface area contributed by atoms with Crippen molar-refractivity contribution < 1.29 is 0 Å². The largest absolute Gasteiger partial charge is 0.309 e. The summed E-state index contributed by atoms with van der Waals surface area (Å²) >= 11 is 9.09. The summed E-state index contributed by atoms with van der Waals surface area (Å²) in [5.41, 5.74) is 2.66. The minimum Gasteiger partial charge on any atom is -0.309 e. The van der Waals surface area contributed by atoms with Crippen molar-refractivity contribution in [3.05, 3.63) is 80.4 Å². The average Bonchev–Trinajstić information content (AvgIpc) is 3.34. The first kappa shape index (κ1) is 20.9. The Morgan fingerprint density at radius 2 is 1.84 bits per heavy atom. The number of benzene rings is 1. The molecule has 4 heterocycles. The maximum atomic E-state index is 12.6. The maximum Gasteiger partial charge on any atom is 0.259 e. The molecular formula is C22H17ClN6OS2. The van der Waals surface area contributed by atoms with Gasteiger partial charge in [0.2, 0.25) is 0 Å². The molecule has 0 fully saturated rings. The third kappa shape index (κ3) is 3.83. The van der Waals surface area contributed by atoms with E-state index in [4.69, 9.17) is 11.6 Å². The molecule has 0 unspecified atom stereocenters. The molecule has 0 atom stereocenters. The minimum absolute atomic E-state index is 0.107. The molecule has 0 radical (unpaired) electrons. The molecule has 1 aromatic carbocycles. The molecule has 0 aliphatic rings. The Balaban J connectivity index is 1.53. The van der Waals surface area contributed by atoms with Crippen molar-refractivity contribution >= 4 is 44.9 Å². The van der Waals surface area contributed by atoms with E-state index < -0.39 is 0 Å². The summed E-state index contributed by atoms with van der Waals surface area (Å²) in [4.78, 5) is 26.1. The van der Waals surface area contributed by atoms with Gasteiger partial charge in [0.05, 0.1) is 11.1 Å². The van der Waals surface area contributed by atoms with Crippen molar-refractivity contribution in [3.8, 4) is 17.1 Å². The van der Waals surface area contributed by atoms with Gasteiger partial charge in [-0.15, -0.1) is 21.5 Å². The molecule has 160 valence electrons. The summed E-state index contributed by atoms with van der Waals surface area (Å²) in [5, 5.41) is 10.8. The number of nitrogens with zero attached hydrogens (tertiary/aromatic N) is 5. The van der Waals surface area contributed by atoms with Gasteiger partial charge in [0.25, 0.3) is 5.56 Å². The Hall–Kier alpha value is -3.01. The summed E-state index contributed by atoms with van der Waals surface area (Å²) in [6.45, 7) is 3.96. The molecule has 32 heavy (non-hydrogen) atoms. The fraction of sp³-hybridized carbons (Fsp3) is 0.136. The Kier molecular flexibility index (Phi) is 5.54. The first-order valence-electron chi connectivity index (χ1n) is 9.74. The molecule has 5 aromatic rings. The van der Waals surface area contributed by atoms with Crippen LogP contribution in [0.5, 0.6) is 0 Å². The zero-order valence-electron chi connectivity index (χ0n) is 17.2. The van der Waals surface area contributed by atoms with Crippen molar-refractivity contribution in [1.82, 2.24) is 29.7 Å². The minimum atomic E-state index is -0.107. The first-order valence-corrected chi connectivity index (χ1v) is 11.9. The molecule has 0 amide bonds. The highest BCUT2D eigenvalue weighted by atomic mass is 35.5. The number of fused-ring (bicyclic) bond motifs is 1. The predicted molar refractivity (Wildman–Crippen MR) is 129 cm³/mol. The standard InChI is InChI=1S/C22H17ClN6OS2/c1-12-13(2)32-21-18(12)20(30)25-17(26-21)11-31-22-28-27-19(14-7-9-24-10-8-14)29(22)16-5-3-15(23)4-6-16/h3-10H,11H2,1-2H3,(H,25,26,30). The number of aromatic nitrogens is 6. The van der Waals surface area contributed by atoms with Crippen molar-refractivity contribution in [3.63, 3.8) is 0 Å². The van der Waals surface area contributed by atoms with Gasteiger partial charge in [-0.05, 0) is 55.8 Å². The number of halogens is 1. The van der Waals surface area contributed by atoms with Crippen molar-refractivity contribution in [1.29, 1.82) is 0 Å². The van der Waals surface area contributed by atoms with Gasteiger partial charge in [-0.3, -0.25) is 14.3 Å². The molecule has 7 nitrogen and oxygen atoms in total. The molecule has 0 aliphatic carbocycles. The lowest BCUT2D eigenvalue weighted by molar-refractivity contribution is 0.883. The second kappa shape index (κ2) is 8.50. The van der Waals surface area contributed by atoms with Gasteiger partial charge in [-0.2, -0.15) is 0 Å². The summed E-state index contributed by atoms with van der Waals surface area (Å²) < 4.78 is 1.96. The number of H-pyrrole nitrogens is 1. The van der Waals surface area contributed by atoms with Crippen LogP contribution in [0.2, 0.25) is 5.02 Å². The smallest absolute Gasteiger partial charge is 0.259 e. The van der Waals surface area contributed by atoms with E-state index in [1.54, 1.807) is 12.4 Å². The SMILES string of the molecule is Cc1sc2nc(CSc3nnc(-c4ccncc4)n3-c3ccc(Cl)cc3)[nH]c(=O)c2c1C. The van der Waals surface area contributed by atoms with Crippen molar-refractivity contribution in [2.45, 2.75) is 24.8 Å². The summed E-state index contributed by atoms with van der Waals surface area (Å²) in [7, 11) is 0. The zero-order valence-corrected chi connectivity index (χ0v) is 19.6. The van der Waals surface area contributed by atoms with Gasteiger partial charge in [0, 0.05) is 33.5 Å². The fourth-order valence-electron chi connectivity index (χ4n) is 3.37. The van der Waals surface area contributed by atoms with Crippen LogP contribution in [0.3, 0.4) is 0 Å². The molecule has 5 rings (SSSR count). The fourth-order valence-corrected chi connectivity index (χ4v) is 5.37. The number of hydrogen-bond donors (Lipinski definition) is 1. The van der Waals surface area contributed by atoms with E-state index in [1.807, 2.05) is 54.8 Å². The van der Waals surface area contributed by atoms with Crippen molar-refractivity contribution in [2.24, 2.45) is 0 Å². The maximum absolute atomic E-state index is 12.6. The van der Waals surface area contributed by atoms with Crippen molar-refractivity contribution in [2.75, 3.05) is 0 Å². The normalized spacial score (nSPS) is 11.3. The Morgan fingerprint density at radius 1 is 1.09 bits per heavy atom. The molecule has 0 aliphatic heterocycles. The van der Waals surface area contributed by atoms with Crippen LogP contribution >= 0.6 is 34.7 Å². The Bertz CT molecular complexity index is 1470. The lowest BCUT2D eigenvalue weighted by atomic mass is 10.2. The van der Waals surface area contributed by atoms with Crippen LogP contribution in [0.25, 0.3) is 27.3 Å². The quantitative estimate of drug-likeness (QED) is 0.348. The monoisotopic (exact) mass is 480 g/mol. The van der Waals surface area contributed by atoms with E-state index >= 15 is 0 Å². The van der Waals surface area contributed by atoms with E-state index in [-0.39, 0.29) is 5.56 Å². The van der Waals surface area contributed by atoms with Crippen LogP contribution in [-0.4, -0.2) is 29.7 Å². The highest BCUT2D eigenvalue weighted by Crippen LogP contribution is 2.30. The molecule has 0 saturated heterocycles.